The first-order valence-corrected chi connectivity index (χ1v) is 6.58. The summed E-state index contributed by atoms with van der Waals surface area (Å²) in [6, 6.07) is 7.98. The highest BCUT2D eigenvalue weighted by atomic mass is 35.5. The molecule has 0 amide bonds. The van der Waals surface area contributed by atoms with Crippen molar-refractivity contribution in [2.24, 2.45) is 0 Å². The van der Waals surface area contributed by atoms with Gasteiger partial charge in [0.25, 0.3) is 0 Å². The molecule has 1 N–H and O–H groups in total. The topological polar surface area (TPSA) is 20.2 Å². The van der Waals surface area contributed by atoms with Crippen LogP contribution >= 0.6 is 22.9 Å². The van der Waals surface area contributed by atoms with E-state index in [1.807, 2.05) is 38.1 Å². The van der Waals surface area contributed by atoms with E-state index in [-0.39, 0.29) is 0 Å². The average Bonchev–Trinajstić information content (AvgIpc) is 2.64. The number of benzene rings is 2. The average molecular weight is 263 g/mol. The van der Waals surface area contributed by atoms with Gasteiger partial charge in [0.1, 0.15) is 5.75 Å². The van der Waals surface area contributed by atoms with Crippen LogP contribution in [0.4, 0.5) is 0 Å². The van der Waals surface area contributed by atoms with Gasteiger partial charge in [-0.1, -0.05) is 17.7 Å². The van der Waals surface area contributed by atoms with Gasteiger partial charge < -0.3 is 5.11 Å². The number of aromatic hydroxyl groups is 1. The van der Waals surface area contributed by atoms with Gasteiger partial charge in [-0.15, -0.1) is 11.3 Å². The summed E-state index contributed by atoms with van der Waals surface area (Å²) in [5, 5.41) is 13.1. The molecule has 0 atom stereocenters. The number of phenolic OH excluding ortho intramolecular Hbond substituents is 1. The van der Waals surface area contributed by atoms with Crippen LogP contribution in [0.5, 0.6) is 5.75 Å². The van der Waals surface area contributed by atoms with E-state index in [1.165, 1.54) is 15.5 Å². The minimum absolute atomic E-state index is 0.398. The third-order valence-corrected chi connectivity index (χ3v) is 4.64. The van der Waals surface area contributed by atoms with E-state index in [4.69, 9.17) is 11.6 Å². The van der Waals surface area contributed by atoms with Crippen molar-refractivity contribution in [1.82, 2.24) is 0 Å². The molecule has 2 aromatic carbocycles. The molecular weight excluding hydrogens is 252 g/mol. The van der Waals surface area contributed by atoms with Crippen molar-refractivity contribution in [2.75, 3.05) is 0 Å². The summed E-state index contributed by atoms with van der Waals surface area (Å²) in [4.78, 5) is 0. The van der Waals surface area contributed by atoms with Gasteiger partial charge in [0.05, 0.1) is 0 Å². The smallest absolute Gasteiger partial charge is 0.122 e. The van der Waals surface area contributed by atoms with Crippen LogP contribution in [0.3, 0.4) is 0 Å². The number of phenols is 1. The fraction of sp³-hybridized carbons (Fsp3) is 0.143. The summed E-state index contributed by atoms with van der Waals surface area (Å²) in [7, 11) is 0. The standard InChI is InChI=1S/C14H11ClOS/c1-7-5-11-10-4-3-9(15)6-12(10)17-14(11)8(2)13(7)16/h3-6,16H,1-2H3. The van der Waals surface area contributed by atoms with Gasteiger partial charge in [0.2, 0.25) is 0 Å². The maximum absolute atomic E-state index is 9.96. The Balaban J connectivity index is 2.56. The normalized spacial score (nSPS) is 11.5. The van der Waals surface area contributed by atoms with Gasteiger partial charge in [0, 0.05) is 30.8 Å². The highest BCUT2D eigenvalue weighted by Crippen LogP contribution is 2.40. The molecule has 0 aliphatic carbocycles. The van der Waals surface area contributed by atoms with Crippen LogP contribution in [0, 0.1) is 13.8 Å². The second-order valence-electron chi connectivity index (χ2n) is 4.29. The maximum Gasteiger partial charge on any atom is 0.122 e. The lowest BCUT2D eigenvalue weighted by Crippen LogP contribution is -1.80. The summed E-state index contributed by atoms with van der Waals surface area (Å²) in [6.45, 7) is 3.89. The van der Waals surface area contributed by atoms with Gasteiger partial charge in [0.15, 0.2) is 0 Å². The summed E-state index contributed by atoms with van der Waals surface area (Å²) < 4.78 is 2.31. The Labute approximate surface area is 108 Å². The molecule has 0 saturated carbocycles. The molecule has 0 aliphatic heterocycles. The van der Waals surface area contributed by atoms with Crippen LogP contribution in [0.25, 0.3) is 20.2 Å². The van der Waals surface area contributed by atoms with Crippen LogP contribution in [0.2, 0.25) is 5.02 Å². The minimum atomic E-state index is 0.398. The third-order valence-electron chi connectivity index (χ3n) is 3.12. The van der Waals surface area contributed by atoms with E-state index in [9.17, 15) is 5.11 Å². The molecule has 0 bridgehead atoms. The molecule has 17 heavy (non-hydrogen) atoms. The van der Waals surface area contributed by atoms with E-state index in [2.05, 4.69) is 0 Å². The Morgan fingerprint density at radius 2 is 1.88 bits per heavy atom. The monoisotopic (exact) mass is 262 g/mol. The first-order valence-electron chi connectivity index (χ1n) is 5.39. The van der Waals surface area contributed by atoms with E-state index in [1.54, 1.807) is 11.3 Å². The zero-order valence-electron chi connectivity index (χ0n) is 9.54. The number of halogens is 1. The van der Waals surface area contributed by atoms with Crippen molar-refractivity contribution < 1.29 is 5.11 Å². The van der Waals surface area contributed by atoms with Crippen molar-refractivity contribution in [1.29, 1.82) is 0 Å². The number of rotatable bonds is 0. The van der Waals surface area contributed by atoms with E-state index in [0.29, 0.717) is 5.75 Å². The SMILES string of the molecule is Cc1cc2c(sc3cc(Cl)ccc32)c(C)c1O. The molecule has 1 nitrogen and oxygen atoms in total. The zero-order valence-corrected chi connectivity index (χ0v) is 11.1. The second-order valence-corrected chi connectivity index (χ2v) is 5.77. The molecule has 3 heteroatoms. The van der Waals surface area contributed by atoms with Gasteiger partial charge in [-0.25, -0.2) is 0 Å². The lowest BCUT2D eigenvalue weighted by Gasteiger charge is -2.04. The number of hydrogen-bond acceptors (Lipinski definition) is 2. The fourth-order valence-electron chi connectivity index (χ4n) is 2.20. The Bertz CT molecular complexity index is 743. The zero-order chi connectivity index (χ0) is 12.2. The Kier molecular flexibility index (Phi) is 2.32. The maximum atomic E-state index is 9.96. The van der Waals surface area contributed by atoms with Crippen molar-refractivity contribution in [3.8, 4) is 5.75 Å². The first-order chi connectivity index (χ1) is 8.08. The molecule has 1 aromatic heterocycles. The summed E-state index contributed by atoms with van der Waals surface area (Å²) in [5.41, 5.74) is 1.88. The predicted molar refractivity (Wildman–Crippen MR) is 75.5 cm³/mol. The predicted octanol–water partition coefficient (Wildman–Crippen LogP) is 5.03. The van der Waals surface area contributed by atoms with Crippen LogP contribution in [0.1, 0.15) is 11.1 Å². The number of hydrogen-bond donors (Lipinski definition) is 1. The second kappa shape index (κ2) is 3.62. The van der Waals surface area contributed by atoms with Crippen LogP contribution in [0.15, 0.2) is 24.3 Å². The Morgan fingerprint density at radius 3 is 2.65 bits per heavy atom. The molecule has 0 spiro atoms. The molecule has 3 aromatic rings. The lowest BCUT2D eigenvalue weighted by molar-refractivity contribution is 0.468. The molecule has 1 heterocycles. The van der Waals surface area contributed by atoms with Crippen molar-refractivity contribution in [2.45, 2.75) is 13.8 Å². The number of thiophene rings is 1. The third kappa shape index (κ3) is 1.52. The van der Waals surface area contributed by atoms with Crippen LogP contribution < -0.4 is 0 Å². The molecule has 0 aliphatic rings. The van der Waals surface area contributed by atoms with E-state index < -0.39 is 0 Å². The van der Waals surface area contributed by atoms with Gasteiger partial charge >= 0.3 is 0 Å². The van der Waals surface area contributed by atoms with Crippen LogP contribution in [-0.2, 0) is 0 Å². The summed E-state index contributed by atoms with van der Waals surface area (Å²) >= 11 is 7.69. The first kappa shape index (κ1) is 10.9. The number of aryl methyl sites for hydroxylation is 2. The van der Waals surface area contributed by atoms with Gasteiger partial charge in [-0.2, -0.15) is 0 Å². The van der Waals surface area contributed by atoms with Crippen molar-refractivity contribution in [3.05, 3.63) is 40.4 Å². The fourth-order valence-corrected chi connectivity index (χ4v) is 3.66. The molecule has 0 radical (unpaired) electrons. The molecule has 86 valence electrons. The Hall–Kier alpha value is -1.25. The molecular formula is C14H11ClOS. The van der Waals surface area contributed by atoms with Crippen LogP contribution in [-0.4, -0.2) is 5.11 Å². The van der Waals surface area contributed by atoms with Crippen molar-refractivity contribution in [3.63, 3.8) is 0 Å². The minimum Gasteiger partial charge on any atom is -0.507 e. The molecule has 0 saturated heterocycles. The highest BCUT2D eigenvalue weighted by Gasteiger charge is 2.12. The largest absolute Gasteiger partial charge is 0.507 e. The van der Waals surface area contributed by atoms with Gasteiger partial charge in [-0.05, 0) is 37.6 Å². The molecule has 0 unspecified atom stereocenters. The number of fused-ring (bicyclic) bond motifs is 3. The Morgan fingerprint density at radius 1 is 1.12 bits per heavy atom. The summed E-state index contributed by atoms with van der Waals surface area (Å²) in [5.74, 6) is 0.398. The van der Waals surface area contributed by atoms with E-state index >= 15 is 0 Å². The summed E-state index contributed by atoms with van der Waals surface area (Å²) in [6.07, 6.45) is 0. The lowest BCUT2D eigenvalue weighted by atomic mass is 10.1. The molecule has 0 fully saturated rings. The quantitative estimate of drug-likeness (QED) is 0.602. The molecule has 3 rings (SSSR count). The van der Waals surface area contributed by atoms with E-state index in [0.717, 1.165) is 20.8 Å². The van der Waals surface area contributed by atoms with Crippen molar-refractivity contribution >= 4 is 43.1 Å². The van der Waals surface area contributed by atoms with Gasteiger partial charge in [-0.3, -0.25) is 0 Å². The highest BCUT2D eigenvalue weighted by molar-refractivity contribution is 7.26.